The number of ether oxygens (including phenoxy) is 1. The van der Waals surface area contributed by atoms with E-state index in [0.717, 1.165) is 12.1 Å². The molecule has 0 radical (unpaired) electrons. The van der Waals surface area contributed by atoms with Gasteiger partial charge in [0.25, 0.3) is 17.7 Å². The zero-order chi connectivity index (χ0) is 54.2. The summed E-state index contributed by atoms with van der Waals surface area (Å²) in [5, 5.41) is 68.7. The Morgan fingerprint density at radius 3 is 1.49 bits per heavy atom. The first-order chi connectivity index (χ1) is 34.6. The van der Waals surface area contributed by atoms with Crippen molar-refractivity contribution >= 4 is 71.1 Å². The number of hydroxylamine groups is 2. The van der Waals surface area contributed by atoms with Gasteiger partial charge in [0.1, 0.15) is 30.8 Å². The van der Waals surface area contributed by atoms with E-state index in [-0.39, 0.29) is 86.3 Å². The fourth-order valence-corrected chi connectivity index (χ4v) is 6.43. The average molecular weight is 1030 g/mol. The highest BCUT2D eigenvalue weighted by molar-refractivity contribution is 6.02. The third-order valence-electron chi connectivity index (χ3n) is 10.2. The van der Waals surface area contributed by atoms with Crippen LogP contribution < -0.4 is 65.5 Å². The number of aliphatic imine (C=N–C) groups is 2. The molecule has 398 valence electrons. The number of nitrogens with zero attached hydrogens (tertiary/aromatic N) is 3. The Morgan fingerprint density at radius 2 is 1.05 bits per heavy atom. The Hall–Kier alpha value is -9.16. The summed E-state index contributed by atoms with van der Waals surface area (Å²) in [7, 11) is 0. The first-order valence-electron chi connectivity index (χ1n) is 22.2. The normalized spacial score (nSPS) is 15.3. The molecule has 0 bridgehead atoms. The highest BCUT2D eigenvalue weighted by Gasteiger charge is 2.32. The molecular formula is C42H59N15O16. The first-order valence-corrected chi connectivity index (χ1v) is 22.2. The molecule has 31 nitrogen and oxygen atoms in total. The van der Waals surface area contributed by atoms with Gasteiger partial charge in [-0.3, -0.25) is 58.3 Å². The molecule has 1 aliphatic rings. The second-order valence-corrected chi connectivity index (χ2v) is 15.8. The van der Waals surface area contributed by atoms with Crippen LogP contribution in [0.1, 0.15) is 59.2 Å². The summed E-state index contributed by atoms with van der Waals surface area (Å²) in [6, 6.07) is 1.56. The van der Waals surface area contributed by atoms with E-state index in [1.54, 1.807) is 0 Å². The largest absolute Gasteiger partial charge is 0.504 e. The van der Waals surface area contributed by atoms with Gasteiger partial charge in [-0.2, -0.15) is 0 Å². The SMILES string of the molecule is NC(N)=NCCCC(NC(=O)c1cccc(O)c1O)C(=O)NCC(=O)NCC(=O)NC1CCCN(O)C(=O)C(NC(=O)CNC(=O)CNC(=O)C(CCCN=C(N)N)NC(=O)c2cccc(O)c2O)COC1=O. The zero-order valence-electron chi connectivity index (χ0n) is 39.1. The number of guanidine groups is 2. The van der Waals surface area contributed by atoms with Crippen molar-refractivity contribution in [3.8, 4) is 23.0 Å². The maximum absolute atomic E-state index is 13.1. The third-order valence-corrected chi connectivity index (χ3v) is 10.2. The number of para-hydroxylation sites is 2. The van der Waals surface area contributed by atoms with Crippen LogP contribution in [-0.2, 0) is 43.1 Å². The molecular weight excluding hydrogens is 971 g/mol. The van der Waals surface area contributed by atoms with E-state index >= 15 is 0 Å². The van der Waals surface area contributed by atoms with E-state index in [9.17, 15) is 73.6 Å². The Labute approximate surface area is 414 Å². The van der Waals surface area contributed by atoms with Crippen LogP contribution in [0.2, 0.25) is 0 Å². The van der Waals surface area contributed by atoms with Gasteiger partial charge in [0, 0.05) is 19.6 Å². The van der Waals surface area contributed by atoms with Gasteiger partial charge in [-0.15, -0.1) is 0 Å². The number of cyclic esters (lactones) is 1. The molecule has 4 atom stereocenters. The highest BCUT2D eigenvalue weighted by atomic mass is 16.5. The first kappa shape index (κ1) is 58.2. The van der Waals surface area contributed by atoms with Crippen molar-refractivity contribution in [3.05, 3.63) is 47.5 Å². The average Bonchev–Trinajstić information content (AvgIpc) is 3.34. The number of hydrogen-bond donors (Lipinski definition) is 17. The predicted molar refractivity (Wildman–Crippen MR) is 251 cm³/mol. The van der Waals surface area contributed by atoms with Crippen molar-refractivity contribution < 1.29 is 78.3 Å². The summed E-state index contributed by atoms with van der Waals surface area (Å²) in [5.41, 5.74) is 20.6. The number of rotatable bonds is 24. The van der Waals surface area contributed by atoms with Crippen LogP contribution in [0.4, 0.5) is 0 Å². The molecule has 21 N–H and O–H groups in total. The summed E-state index contributed by atoms with van der Waals surface area (Å²) in [5.74, 6) is -12.5. The molecule has 1 aliphatic heterocycles. The number of carbonyl (C=O) groups is 10. The molecule has 3 rings (SSSR count). The number of phenols is 4. The summed E-state index contributed by atoms with van der Waals surface area (Å²) < 4.78 is 5.17. The van der Waals surface area contributed by atoms with Gasteiger partial charge in [0.05, 0.1) is 37.3 Å². The number of aromatic hydroxyl groups is 4. The number of nitrogens with two attached hydrogens (primary N) is 4. The van der Waals surface area contributed by atoms with Gasteiger partial charge in [-0.05, 0) is 62.8 Å². The lowest BCUT2D eigenvalue weighted by Crippen LogP contribution is -2.55. The van der Waals surface area contributed by atoms with E-state index in [0.29, 0.717) is 0 Å². The topological polar surface area (TPSA) is 509 Å². The standard InChI is InChI=1S/C42H59N15O16/c43-41(44)47-13-3-8-23(55-35(66)21-6-1-11-27(58)33(21)64)37(68)51-16-29(60)49-18-31(62)53-25-10-5-15-57(72)39(70)26(20-73-40(25)71)54-32(63)19-50-30(61)17-52-38(69)24(9-4-14-48-42(45)46)56-36(67)22-7-2-12-28(59)34(22)65/h1-2,6-7,11-12,23-26,58-59,64-65,72H,3-5,8-10,13-20H2,(H,49,60)(H,50,61)(H,51,68)(H,52,69)(H,53,62)(H,54,63)(H,55,66)(H,56,67)(H4,43,44,47)(H4,45,46,48). The molecule has 2 aromatic carbocycles. The fourth-order valence-electron chi connectivity index (χ4n) is 6.43. The molecule has 0 spiro atoms. The van der Waals surface area contributed by atoms with Crippen molar-refractivity contribution in [1.29, 1.82) is 0 Å². The van der Waals surface area contributed by atoms with Crippen LogP contribution in [0, 0.1) is 0 Å². The van der Waals surface area contributed by atoms with Crippen LogP contribution in [0.15, 0.2) is 46.4 Å². The highest BCUT2D eigenvalue weighted by Crippen LogP contribution is 2.29. The molecule has 73 heavy (non-hydrogen) atoms. The zero-order valence-corrected chi connectivity index (χ0v) is 39.1. The van der Waals surface area contributed by atoms with E-state index in [2.05, 4.69) is 52.5 Å². The summed E-state index contributed by atoms with van der Waals surface area (Å²) in [6.07, 6.45) is 0.0169. The minimum atomic E-state index is -1.69. The summed E-state index contributed by atoms with van der Waals surface area (Å²) in [6.45, 7) is -4.00. The van der Waals surface area contributed by atoms with Crippen molar-refractivity contribution in [2.75, 3.05) is 52.4 Å². The van der Waals surface area contributed by atoms with Crippen LogP contribution in [0.3, 0.4) is 0 Å². The number of amides is 9. The maximum Gasteiger partial charge on any atom is 0.328 e. The van der Waals surface area contributed by atoms with Crippen LogP contribution in [-0.4, -0.2) is 178 Å². The molecule has 4 unspecified atom stereocenters. The Balaban J connectivity index is 1.50. The lowest BCUT2D eigenvalue weighted by atomic mass is 10.1. The van der Waals surface area contributed by atoms with E-state index in [4.69, 9.17) is 27.7 Å². The van der Waals surface area contributed by atoms with Crippen molar-refractivity contribution in [1.82, 2.24) is 47.6 Å². The summed E-state index contributed by atoms with van der Waals surface area (Å²) >= 11 is 0. The lowest BCUT2D eigenvalue weighted by Gasteiger charge is -2.26. The monoisotopic (exact) mass is 1030 g/mol. The molecule has 1 fully saturated rings. The number of hydrogen-bond acceptors (Lipinski definition) is 18. The van der Waals surface area contributed by atoms with Crippen molar-refractivity contribution in [3.63, 3.8) is 0 Å². The number of carbonyl (C=O) groups excluding carboxylic acids is 10. The molecule has 0 aromatic heterocycles. The summed E-state index contributed by atoms with van der Waals surface area (Å²) in [4.78, 5) is 136. The molecule has 31 heteroatoms. The van der Waals surface area contributed by atoms with Gasteiger partial charge < -0.3 is 90.6 Å². The quantitative estimate of drug-likeness (QED) is 0.0116. The number of nitrogens with one attached hydrogen (secondary N) is 8. The molecule has 0 aliphatic carbocycles. The van der Waals surface area contributed by atoms with E-state index in [1.165, 1.54) is 24.3 Å². The molecule has 2 aromatic rings. The second-order valence-electron chi connectivity index (χ2n) is 15.8. The minimum Gasteiger partial charge on any atom is -0.504 e. The minimum absolute atomic E-state index is 0.0385. The number of esters is 1. The van der Waals surface area contributed by atoms with Crippen LogP contribution in [0.25, 0.3) is 0 Å². The van der Waals surface area contributed by atoms with E-state index < -0.39 is 139 Å². The Bertz CT molecular complexity index is 2410. The smallest absolute Gasteiger partial charge is 0.328 e. The fraction of sp³-hybridized carbons (Fsp3) is 0.429. The molecule has 1 heterocycles. The van der Waals surface area contributed by atoms with Crippen LogP contribution in [0.5, 0.6) is 23.0 Å². The Kier molecular flexibility index (Phi) is 23.2. The number of benzene rings is 2. The van der Waals surface area contributed by atoms with Gasteiger partial charge in [0.15, 0.2) is 34.9 Å². The van der Waals surface area contributed by atoms with Crippen LogP contribution >= 0.6 is 0 Å². The van der Waals surface area contributed by atoms with Gasteiger partial charge >= 0.3 is 5.97 Å². The lowest BCUT2D eigenvalue weighted by molar-refractivity contribution is -0.173. The Morgan fingerprint density at radius 1 is 0.630 bits per heavy atom. The van der Waals surface area contributed by atoms with Gasteiger partial charge in [-0.1, -0.05) is 12.1 Å². The number of phenolic OH excluding ortho intramolecular Hbond substituents is 4. The predicted octanol–water partition coefficient (Wildman–Crippen LogP) is -6.50. The second kappa shape index (κ2) is 29.1. The van der Waals surface area contributed by atoms with Gasteiger partial charge in [0.2, 0.25) is 35.4 Å². The molecule has 0 saturated carbocycles. The molecule has 1 saturated heterocycles. The maximum atomic E-state index is 13.1. The van der Waals surface area contributed by atoms with Crippen molar-refractivity contribution in [2.24, 2.45) is 32.9 Å². The van der Waals surface area contributed by atoms with E-state index in [1.807, 2.05) is 0 Å². The molecule has 9 amide bonds. The van der Waals surface area contributed by atoms with Gasteiger partial charge in [-0.25, -0.2) is 9.86 Å². The van der Waals surface area contributed by atoms with Crippen molar-refractivity contribution in [2.45, 2.75) is 62.7 Å². The third kappa shape index (κ3) is 20.0.